The third-order valence-electron chi connectivity index (χ3n) is 1.51. The lowest BCUT2D eigenvalue weighted by Gasteiger charge is -2.20. The van der Waals surface area contributed by atoms with Crippen LogP contribution in [-0.2, 0) is 9.53 Å². The van der Waals surface area contributed by atoms with Crippen molar-refractivity contribution in [3.05, 3.63) is 0 Å². The van der Waals surface area contributed by atoms with Crippen LogP contribution in [0.2, 0.25) is 0 Å². The van der Waals surface area contributed by atoms with Crippen LogP contribution in [0.5, 0.6) is 0 Å². The molecule has 3 nitrogen and oxygen atoms in total. The average molecular weight is 159 g/mol. The number of esters is 1. The molecule has 0 amide bonds. The van der Waals surface area contributed by atoms with Crippen LogP contribution in [0.25, 0.3) is 0 Å². The second-order valence-electron chi connectivity index (χ2n) is 2.89. The molecule has 0 aliphatic carbocycles. The highest BCUT2D eigenvalue weighted by molar-refractivity contribution is 5.79. The van der Waals surface area contributed by atoms with Crippen molar-refractivity contribution in [1.29, 1.82) is 0 Å². The number of carbonyl (C=O) groups is 1. The smallest absolute Gasteiger partial charge is 0.325 e. The van der Waals surface area contributed by atoms with E-state index in [1.165, 1.54) is 0 Å². The number of rotatable bonds is 4. The Morgan fingerprint density at radius 1 is 1.55 bits per heavy atom. The zero-order valence-corrected chi connectivity index (χ0v) is 7.52. The maximum atomic E-state index is 11.1. The Morgan fingerprint density at radius 2 is 2.09 bits per heavy atom. The van der Waals surface area contributed by atoms with Gasteiger partial charge in [-0.2, -0.15) is 0 Å². The van der Waals surface area contributed by atoms with Crippen molar-refractivity contribution < 1.29 is 9.53 Å². The first kappa shape index (κ1) is 10.4. The topological polar surface area (TPSA) is 52.3 Å². The zero-order valence-electron chi connectivity index (χ0n) is 7.52. The van der Waals surface area contributed by atoms with Gasteiger partial charge in [-0.25, -0.2) is 0 Å². The summed E-state index contributed by atoms with van der Waals surface area (Å²) in [5, 5.41) is 0. The fraction of sp³-hybridized carbons (Fsp3) is 0.875. The molecule has 0 saturated heterocycles. The molecule has 0 saturated carbocycles. The molecule has 2 N–H and O–H groups in total. The van der Waals surface area contributed by atoms with E-state index in [9.17, 15) is 4.79 Å². The van der Waals surface area contributed by atoms with Gasteiger partial charge in [-0.3, -0.25) is 4.79 Å². The third kappa shape index (κ3) is 3.37. The first-order valence-corrected chi connectivity index (χ1v) is 4.00. The van der Waals surface area contributed by atoms with E-state index >= 15 is 0 Å². The van der Waals surface area contributed by atoms with E-state index in [0.29, 0.717) is 13.0 Å². The molecule has 0 aromatic rings. The molecule has 0 heterocycles. The summed E-state index contributed by atoms with van der Waals surface area (Å²) >= 11 is 0. The van der Waals surface area contributed by atoms with Crippen molar-refractivity contribution in [2.75, 3.05) is 6.61 Å². The largest absolute Gasteiger partial charge is 0.465 e. The molecule has 0 aromatic carbocycles. The minimum absolute atomic E-state index is 0.304. The summed E-state index contributed by atoms with van der Waals surface area (Å²) in [5.74, 6) is -0.304. The molecule has 66 valence electrons. The number of hydrogen-bond donors (Lipinski definition) is 1. The lowest BCUT2D eigenvalue weighted by molar-refractivity contribution is -0.149. The van der Waals surface area contributed by atoms with Crippen LogP contribution < -0.4 is 5.73 Å². The van der Waals surface area contributed by atoms with Gasteiger partial charge in [0.2, 0.25) is 0 Å². The second kappa shape index (κ2) is 4.34. The van der Waals surface area contributed by atoms with Gasteiger partial charge in [-0.1, -0.05) is 13.3 Å². The summed E-state index contributed by atoms with van der Waals surface area (Å²) in [7, 11) is 0. The maximum Gasteiger partial charge on any atom is 0.325 e. The van der Waals surface area contributed by atoms with E-state index in [2.05, 4.69) is 0 Å². The Hall–Kier alpha value is -0.570. The van der Waals surface area contributed by atoms with E-state index in [0.717, 1.165) is 6.42 Å². The Morgan fingerprint density at radius 3 is 2.45 bits per heavy atom. The lowest BCUT2D eigenvalue weighted by Crippen LogP contribution is -2.45. The summed E-state index contributed by atoms with van der Waals surface area (Å²) < 4.78 is 4.80. The van der Waals surface area contributed by atoms with Gasteiger partial charge in [0.05, 0.1) is 6.61 Å². The first-order chi connectivity index (χ1) is 5.04. The highest BCUT2D eigenvalue weighted by Gasteiger charge is 2.28. The van der Waals surface area contributed by atoms with E-state index in [-0.39, 0.29) is 5.97 Å². The predicted molar refractivity (Wildman–Crippen MR) is 44.1 cm³/mol. The Balaban J connectivity index is 3.94. The zero-order chi connectivity index (χ0) is 8.91. The van der Waals surface area contributed by atoms with Gasteiger partial charge < -0.3 is 10.5 Å². The normalized spacial score (nSPS) is 15.6. The molecule has 0 spiro atoms. The van der Waals surface area contributed by atoms with E-state index in [4.69, 9.17) is 10.5 Å². The summed E-state index contributed by atoms with van der Waals surface area (Å²) in [6.07, 6.45) is 1.57. The molecule has 0 aromatic heterocycles. The molecular formula is C8H17NO2. The van der Waals surface area contributed by atoms with Crippen molar-refractivity contribution in [1.82, 2.24) is 0 Å². The monoisotopic (exact) mass is 159 g/mol. The van der Waals surface area contributed by atoms with Crippen LogP contribution in [0.1, 0.15) is 33.6 Å². The van der Waals surface area contributed by atoms with Crippen molar-refractivity contribution in [2.45, 2.75) is 39.2 Å². The molecule has 0 fully saturated rings. The van der Waals surface area contributed by atoms with Crippen LogP contribution in [0.15, 0.2) is 0 Å². The quantitative estimate of drug-likeness (QED) is 0.624. The highest BCUT2D eigenvalue weighted by Crippen LogP contribution is 2.10. The fourth-order valence-electron chi connectivity index (χ4n) is 0.917. The molecular weight excluding hydrogens is 142 g/mol. The van der Waals surface area contributed by atoms with Gasteiger partial charge in [0.25, 0.3) is 0 Å². The number of ether oxygens (including phenoxy) is 1. The third-order valence-corrected chi connectivity index (χ3v) is 1.51. The van der Waals surface area contributed by atoms with Gasteiger partial charge in [-0.05, 0) is 20.3 Å². The summed E-state index contributed by atoms with van der Waals surface area (Å²) in [4.78, 5) is 11.1. The van der Waals surface area contributed by atoms with Crippen LogP contribution >= 0.6 is 0 Å². The van der Waals surface area contributed by atoms with Crippen molar-refractivity contribution in [3.8, 4) is 0 Å². The van der Waals surface area contributed by atoms with Gasteiger partial charge in [0.15, 0.2) is 0 Å². The summed E-state index contributed by atoms with van der Waals surface area (Å²) in [6.45, 7) is 5.87. The highest BCUT2D eigenvalue weighted by atomic mass is 16.5. The number of nitrogens with two attached hydrogens (primary N) is 1. The van der Waals surface area contributed by atoms with Gasteiger partial charge in [0, 0.05) is 0 Å². The Bertz CT molecular complexity index is 132. The van der Waals surface area contributed by atoms with E-state index < -0.39 is 5.54 Å². The fourth-order valence-corrected chi connectivity index (χ4v) is 0.917. The van der Waals surface area contributed by atoms with Gasteiger partial charge in [-0.15, -0.1) is 0 Å². The average Bonchev–Trinajstić information content (AvgIpc) is 1.88. The predicted octanol–water partition coefficient (Wildman–Crippen LogP) is 1.07. The maximum absolute atomic E-state index is 11.1. The molecule has 0 aliphatic rings. The van der Waals surface area contributed by atoms with Gasteiger partial charge >= 0.3 is 5.97 Å². The molecule has 0 rings (SSSR count). The SMILES string of the molecule is CCC[C@@](C)(N)C(=O)OCC. The van der Waals surface area contributed by atoms with Gasteiger partial charge in [0.1, 0.15) is 5.54 Å². The summed E-state index contributed by atoms with van der Waals surface area (Å²) in [6, 6.07) is 0. The number of hydrogen-bond acceptors (Lipinski definition) is 3. The molecule has 3 heteroatoms. The molecule has 1 atom stereocenters. The van der Waals surface area contributed by atoms with E-state index in [1.54, 1.807) is 13.8 Å². The Labute approximate surface area is 67.9 Å². The van der Waals surface area contributed by atoms with Crippen molar-refractivity contribution in [3.63, 3.8) is 0 Å². The van der Waals surface area contributed by atoms with Crippen LogP contribution in [0.3, 0.4) is 0 Å². The minimum Gasteiger partial charge on any atom is -0.465 e. The van der Waals surface area contributed by atoms with Crippen LogP contribution in [-0.4, -0.2) is 18.1 Å². The van der Waals surface area contributed by atoms with Crippen molar-refractivity contribution in [2.24, 2.45) is 5.73 Å². The van der Waals surface area contributed by atoms with Crippen LogP contribution in [0.4, 0.5) is 0 Å². The molecule has 0 radical (unpaired) electrons. The second-order valence-corrected chi connectivity index (χ2v) is 2.89. The van der Waals surface area contributed by atoms with E-state index in [1.807, 2.05) is 6.92 Å². The Kier molecular flexibility index (Phi) is 4.11. The lowest BCUT2D eigenvalue weighted by atomic mass is 9.98. The molecule has 0 bridgehead atoms. The summed E-state index contributed by atoms with van der Waals surface area (Å²) in [5.41, 5.74) is 4.88. The number of carbonyl (C=O) groups excluding carboxylic acids is 1. The molecule has 11 heavy (non-hydrogen) atoms. The van der Waals surface area contributed by atoms with Crippen LogP contribution in [0, 0.1) is 0 Å². The standard InChI is InChI=1S/C8H17NO2/c1-4-6-8(3,9)7(10)11-5-2/h4-6,9H2,1-3H3/t8-/m1/s1. The molecule has 0 unspecified atom stereocenters. The first-order valence-electron chi connectivity index (χ1n) is 4.00. The van der Waals surface area contributed by atoms with Crippen molar-refractivity contribution >= 4 is 5.97 Å². The minimum atomic E-state index is -0.801. The molecule has 0 aliphatic heterocycles.